The molecule has 1 fully saturated rings. The number of hydrogen-bond acceptors (Lipinski definition) is 3. The van der Waals surface area contributed by atoms with Crippen molar-refractivity contribution in [3.05, 3.63) is 66.5 Å². The number of hydrogen-bond donors (Lipinski definition) is 1. The quantitative estimate of drug-likeness (QED) is 0.708. The Morgan fingerprint density at radius 3 is 2.65 bits per heavy atom. The van der Waals surface area contributed by atoms with E-state index in [1.807, 2.05) is 24.4 Å². The lowest BCUT2D eigenvalue weighted by Crippen LogP contribution is -2.31. The van der Waals surface area contributed by atoms with Gasteiger partial charge in [-0.1, -0.05) is 42.5 Å². The van der Waals surface area contributed by atoms with Gasteiger partial charge >= 0.3 is 0 Å². The van der Waals surface area contributed by atoms with E-state index in [1.54, 1.807) is 13.1 Å². The SMILES string of the molecule is CCS(=O)(=O)NC(c1cncc(-c2cccc3ccccc23)c1)C1CC1. The van der Waals surface area contributed by atoms with Gasteiger partial charge in [0.1, 0.15) is 0 Å². The molecule has 5 heteroatoms. The second kappa shape index (κ2) is 6.82. The fourth-order valence-electron chi connectivity index (χ4n) is 3.40. The summed E-state index contributed by atoms with van der Waals surface area (Å²) in [4.78, 5) is 4.42. The summed E-state index contributed by atoms with van der Waals surface area (Å²) >= 11 is 0. The van der Waals surface area contributed by atoms with Crippen molar-refractivity contribution in [3.8, 4) is 11.1 Å². The first-order valence-electron chi connectivity index (χ1n) is 9.00. The van der Waals surface area contributed by atoms with E-state index >= 15 is 0 Å². The third kappa shape index (κ3) is 3.50. The zero-order valence-electron chi connectivity index (χ0n) is 14.7. The van der Waals surface area contributed by atoms with Crippen molar-refractivity contribution >= 4 is 20.8 Å². The number of nitrogens with zero attached hydrogens (tertiary/aromatic N) is 1. The van der Waals surface area contributed by atoms with Gasteiger partial charge in [0.2, 0.25) is 10.0 Å². The highest BCUT2D eigenvalue weighted by atomic mass is 32.2. The fourth-order valence-corrected chi connectivity index (χ4v) is 4.28. The van der Waals surface area contributed by atoms with Crippen LogP contribution in [-0.2, 0) is 10.0 Å². The Morgan fingerprint density at radius 1 is 1.12 bits per heavy atom. The summed E-state index contributed by atoms with van der Waals surface area (Å²) < 4.78 is 27.1. The molecule has 1 N–H and O–H groups in total. The molecule has 4 nitrogen and oxygen atoms in total. The van der Waals surface area contributed by atoms with Gasteiger partial charge in [-0.15, -0.1) is 0 Å². The number of benzene rings is 2. The van der Waals surface area contributed by atoms with Gasteiger partial charge in [-0.05, 0) is 53.6 Å². The van der Waals surface area contributed by atoms with Crippen LogP contribution in [0.25, 0.3) is 21.9 Å². The number of aromatic nitrogens is 1. The average Bonchev–Trinajstić information content (AvgIpc) is 3.51. The van der Waals surface area contributed by atoms with Crippen LogP contribution in [0.5, 0.6) is 0 Å². The molecule has 2 aromatic carbocycles. The highest BCUT2D eigenvalue weighted by molar-refractivity contribution is 7.89. The molecule has 0 amide bonds. The van der Waals surface area contributed by atoms with Crippen molar-refractivity contribution in [2.75, 3.05) is 5.75 Å². The van der Waals surface area contributed by atoms with Crippen LogP contribution < -0.4 is 4.72 Å². The lowest BCUT2D eigenvalue weighted by molar-refractivity contribution is 0.529. The summed E-state index contributed by atoms with van der Waals surface area (Å²) in [6.07, 6.45) is 5.74. The minimum Gasteiger partial charge on any atom is -0.264 e. The first-order valence-corrected chi connectivity index (χ1v) is 10.7. The first-order chi connectivity index (χ1) is 12.6. The Labute approximate surface area is 154 Å². The molecule has 26 heavy (non-hydrogen) atoms. The Hall–Kier alpha value is -2.24. The number of pyridine rings is 1. The number of sulfonamides is 1. The third-order valence-corrected chi connectivity index (χ3v) is 6.37. The monoisotopic (exact) mass is 366 g/mol. The van der Waals surface area contributed by atoms with Crippen LogP contribution >= 0.6 is 0 Å². The Bertz CT molecular complexity index is 1040. The molecule has 0 saturated heterocycles. The first kappa shape index (κ1) is 17.2. The van der Waals surface area contributed by atoms with Gasteiger partial charge in [-0.2, -0.15) is 0 Å². The Morgan fingerprint density at radius 2 is 1.88 bits per heavy atom. The molecule has 134 valence electrons. The molecule has 1 aromatic heterocycles. The smallest absolute Gasteiger partial charge is 0.211 e. The standard InChI is InChI=1S/C21H22N2O2S/c1-2-26(24,25)23-21(16-10-11-16)18-12-17(13-22-14-18)20-9-5-7-15-6-3-4-8-19(15)20/h3-9,12-14,16,21,23H,2,10-11H2,1H3. The minimum absolute atomic E-state index is 0.0899. The van der Waals surface area contributed by atoms with E-state index in [9.17, 15) is 8.42 Å². The van der Waals surface area contributed by atoms with E-state index < -0.39 is 10.0 Å². The van der Waals surface area contributed by atoms with Crippen molar-refractivity contribution in [2.24, 2.45) is 5.92 Å². The van der Waals surface area contributed by atoms with Crippen molar-refractivity contribution in [1.82, 2.24) is 9.71 Å². The van der Waals surface area contributed by atoms with E-state index in [0.717, 1.165) is 29.5 Å². The van der Waals surface area contributed by atoms with Crippen LogP contribution in [-0.4, -0.2) is 19.2 Å². The minimum atomic E-state index is -3.26. The van der Waals surface area contributed by atoms with Crippen LogP contribution in [0.2, 0.25) is 0 Å². The van der Waals surface area contributed by atoms with Crippen molar-refractivity contribution < 1.29 is 8.42 Å². The summed E-state index contributed by atoms with van der Waals surface area (Å²) in [5, 5.41) is 2.35. The number of rotatable bonds is 6. The van der Waals surface area contributed by atoms with Crippen LogP contribution in [0.15, 0.2) is 60.9 Å². The van der Waals surface area contributed by atoms with Gasteiger partial charge in [-0.25, -0.2) is 13.1 Å². The van der Waals surface area contributed by atoms with E-state index in [4.69, 9.17) is 0 Å². The maximum absolute atomic E-state index is 12.1. The predicted octanol–water partition coefficient (Wildman–Crippen LogP) is 4.29. The molecular weight excluding hydrogens is 344 g/mol. The van der Waals surface area contributed by atoms with Crippen LogP contribution in [0, 0.1) is 5.92 Å². The second-order valence-corrected chi connectivity index (χ2v) is 8.91. The zero-order valence-corrected chi connectivity index (χ0v) is 15.5. The predicted molar refractivity (Wildman–Crippen MR) is 105 cm³/mol. The molecule has 1 saturated carbocycles. The topological polar surface area (TPSA) is 59.1 Å². The fraction of sp³-hybridized carbons (Fsp3) is 0.286. The lowest BCUT2D eigenvalue weighted by atomic mass is 9.96. The Kier molecular flexibility index (Phi) is 4.51. The van der Waals surface area contributed by atoms with Gasteiger partial charge in [0.25, 0.3) is 0 Å². The highest BCUT2D eigenvalue weighted by Gasteiger charge is 2.35. The lowest BCUT2D eigenvalue weighted by Gasteiger charge is -2.19. The molecule has 0 aliphatic heterocycles. The number of fused-ring (bicyclic) bond motifs is 1. The van der Waals surface area contributed by atoms with Crippen LogP contribution in [0.4, 0.5) is 0 Å². The van der Waals surface area contributed by atoms with E-state index in [-0.39, 0.29) is 11.8 Å². The normalized spacial score (nSPS) is 15.9. The summed E-state index contributed by atoms with van der Waals surface area (Å²) in [5.41, 5.74) is 3.07. The van der Waals surface area contributed by atoms with E-state index in [2.05, 4.69) is 40.0 Å². The summed E-state index contributed by atoms with van der Waals surface area (Å²) in [6.45, 7) is 1.66. The highest BCUT2D eigenvalue weighted by Crippen LogP contribution is 2.42. The summed E-state index contributed by atoms with van der Waals surface area (Å²) in [5.74, 6) is 0.452. The molecule has 3 aromatic rings. The average molecular weight is 366 g/mol. The Balaban J connectivity index is 1.76. The molecule has 0 bridgehead atoms. The molecule has 1 aliphatic carbocycles. The van der Waals surface area contributed by atoms with Crippen molar-refractivity contribution in [1.29, 1.82) is 0 Å². The molecule has 0 spiro atoms. The van der Waals surface area contributed by atoms with Crippen LogP contribution in [0.3, 0.4) is 0 Å². The van der Waals surface area contributed by atoms with E-state index in [0.29, 0.717) is 5.92 Å². The van der Waals surface area contributed by atoms with Gasteiger partial charge in [0.15, 0.2) is 0 Å². The maximum atomic E-state index is 12.1. The third-order valence-electron chi connectivity index (χ3n) is 5.00. The molecular formula is C21H22N2O2S. The molecule has 1 aliphatic rings. The second-order valence-electron chi connectivity index (χ2n) is 6.87. The molecule has 0 radical (unpaired) electrons. The maximum Gasteiger partial charge on any atom is 0.211 e. The summed E-state index contributed by atoms with van der Waals surface area (Å²) in [7, 11) is -3.26. The zero-order chi connectivity index (χ0) is 18.1. The van der Waals surface area contributed by atoms with Crippen LogP contribution in [0.1, 0.15) is 31.4 Å². The van der Waals surface area contributed by atoms with E-state index in [1.165, 1.54) is 10.8 Å². The van der Waals surface area contributed by atoms with Gasteiger partial charge < -0.3 is 0 Å². The van der Waals surface area contributed by atoms with Crippen molar-refractivity contribution in [2.45, 2.75) is 25.8 Å². The molecule has 1 unspecified atom stereocenters. The molecule has 1 heterocycles. The molecule has 1 atom stereocenters. The molecule has 4 rings (SSSR count). The van der Waals surface area contributed by atoms with Gasteiger partial charge in [0, 0.05) is 18.0 Å². The number of nitrogens with one attached hydrogen (secondary N) is 1. The largest absolute Gasteiger partial charge is 0.264 e. The van der Waals surface area contributed by atoms with Crippen molar-refractivity contribution in [3.63, 3.8) is 0 Å². The van der Waals surface area contributed by atoms with Gasteiger partial charge in [-0.3, -0.25) is 4.98 Å². The summed E-state index contributed by atoms with van der Waals surface area (Å²) in [6, 6.07) is 16.4. The van der Waals surface area contributed by atoms with Gasteiger partial charge in [0.05, 0.1) is 11.8 Å².